The minimum Gasteiger partial charge on any atom is -0.276 e. The van der Waals surface area contributed by atoms with Crippen LogP contribution in [0, 0.1) is 5.41 Å². The number of nitrogens with zero attached hydrogens (tertiary/aromatic N) is 1. The maximum absolute atomic E-state index is 12.4. The molecule has 3 rings (SSSR count). The van der Waals surface area contributed by atoms with E-state index in [1.807, 2.05) is 19.1 Å². The molecule has 1 saturated heterocycles. The topological polar surface area (TPSA) is 66.5 Å². The molecule has 0 unspecified atom stereocenters. The second kappa shape index (κ2) is 3.91. The van der Waals surface area contributed by atoms with Crippen molar-refractivity contribution in [2.24, 2.45) is 5.41 Å². The average Bonchev–Trinajstić information content (AvgIpc) is 3.19. The van der Waals surface area contributed by atoms with Crippen molar-refractivity contribution in [3.8, 4) is 0 Å². The van der Waals surface area contributed by atoms with Crippen molar-refractivity contribution < 1.29 is 14.4 Å². The Bertz CT molecular complexity index is 590. The molecule has 19 heavy (non-hydrogen) atoms. The van der Waals surface area contributed by atoms with Gasteiger partial charge in [-0.05, 0) is 30.9 Å². The number of barbiturate groups is 1. The Kier molecular flexibility index (Phi) is 2.45. The number of urea groups is 1. The van der Waals surface area contributed by atoms with Crippen molar-refractivity contribution in [3.05, 3.63) is 29.8 Å². The van der Waals surface area contributed by atoms with Gasteiger partial charge in [0.05, 0.1) is 5.69 Å². The fraction of sp³-hybridized carbons (Fsp3) is 0.357. The molecule has 5 heteroatoms. The number of rotatable bonds is 2. The van der Waals surface area contributed by atoms with Gasteiger partial charge in [0.2, 0.25) is 5.91 Å². The first-order valence-electron chi connectivity index (χ1n) is 6.38. The van der Waals surface area contributed by atoms with Crippen LogP contribution < -0.4 is 10.2 Å². The van der Waals surface area contributed by atoms with Gasteiger partial charge >= 0.3 is 6.03 Å². The zero-order valence-electron chi connectivity index (χ0n) is 10.6. The smallest absolute Gasteiger partial charge is 0.276 e. The van der Waals surface area contributed by atoms with Gasteiger partial charge in [-0.3, -0.25) is 14.9 Å². The predicted octanol–water partition coefficient (Wildman–Crippen LogP) is 1.61. The molecule has 1 aromatic rings. The Morgan fingerprint density at radius 2 is 1.89 bits per heavy atom. The van der Waals surface area contributed by atoms with Crippen LogP contribution in [-0.4, -0.2) is 17.8 Å². The van der Waals surface area contributed by atoms with Crippen molar-refractivity contribution in [2.75, 3.05) is 4.90 Å². The Morgan fingerprint density at radius 3 is 2.53 bits per heavy atom. The third kappa shape index (κ3) is 1.58. The van der Waals surface area contributed by atoms with Gasteiger partial charge in [0.15, 0.2) is 0 Å². The Morgan fingerprint density at radius 1 is 1.21 bits per heavy atom. The minimum absolute atomic E-state index is 0.387. The lowest BCUT2D eigenvalue weighted by molar-refractivity contribution is -0.136. The van der Waals surface area contributed by atoms with E-state index in [0.29, 0.717) is 24.9 Å². The summed E-state index contributed by atoms with van der Waals surface area (Å²) in [4.78, 5) is 37.3. The Balaban J connectivity index is 2.06. The van der Waals surface area contributed by atoms with Gasteiger partial charge in [0.1, 0.15) is 5.41 Å². The molecule has 1 N–H and O–H groups in total. The highest BCUT2D eigenvalue weighted by molar-refractivity contribution is 6.31. The van der Waals surface area contributed by atoms with Crippen LogP contribution in [0.15, 0.2) is 24.3 Å². The number of amides is 4. The maximum Gasteiger partial charge on any atom is 0.335 e. The van der Waals surface area contributed by atoms with E-state index in [2.05, 4.69) is 5.32 Å². The number of hydrogen-bond donors (Lipinski definition) is 1. The van der Waals surface area contributed by atoms with Crippen molar-refractivity contribution in [1.82, 2.24) is 5.32 Å². The SMILES string of the molecule is CCc1ccccc1N1C(=O)NC(=O)C2(CC2)C1=O. The van der Waals surface area contributed by atoms with E-state index < -0.39 is 17.4 Å². The number of para-hydroxylation sites is 1. The van der Waals surface area contributed by atoms with Gasteiger partial charge in [-0.1, -0.05) is 25.1 Å². The number of benzene rings is 1. The number of anilines is 1. The van der Waals surface area contributed by atoms with Gasteiger partial charge in [0.25, 0.3) is 5.91 Å². The monoisotopic (exact) mass is 258 g/mol. The second-order valence-corrected chi connectivity index (χ2v) is 4.96. The molecule has 1 aromatic carbocycles. The molecule has 1 saturated carbocycles. The van der Waals surface area contributed by atoms with Gasteiger partial charge in [-0.15, -0.1) is 0 Å². The number of aryl methyl sites for hydroxylation is 1. The molecule has 0 radical (unpaired) electrons. The average molecular weight is 258 g/mol. The highest BCUT2D eigenvalue weighted by Gasteiger charge is 2.62. The summed E-state index contributed by atoms with van der Waals surface area (Å²) in [6, 6.07) is 6.62. The fourth-order valence-electron chi connectivity index (χ4n) is 2.49. The predicted molar refractivity (Wildman–Crippen MR) is 68.5 cm³/mol. The third-order valence-corrected chi connectivity index (χ3v) is 3.83. The number of hydrogen-bond acceptors (Lipinski definition) is 3. The van der Waals surface area contributed by atoms with Crippen molar-refractivity contribution in [3.63, 3.8) is 0 Å². The van der Waals surface area contributed by atoms with Gasteiger partial charge in [-0.2, -0.15) is 0 Å². The molecule has 1 spiro atoms. The number of imide groups is 2. The highest BCUT2D eigenvalue weighted by Crippen LogP contribution is 2.49. The van der Waals surface area contributed by atoms with Crippen LogP contribution >= 0.6 is 0 Å². The molecule has 5 nitrogen and oxygen atoms in total. The van der Waals surface area contributed by atoms with Crippen LogP contribution in [0.4, 0.5) is 10.5 Å². The standard InChI is InChI=1S/C14H14N2O3/c1-2-9-5-3-4-6-10(9)16-12(18)14(7-8-14)11(17)15-13(16)19/h3-6H,2,7-8H2,1H3,(H,15,17,19). The Hall–Kier alpha value is -2.17. The third-order valence-electron chi connectivity index (χ3n) is 3.83. The molecule has 0 atom stereocenters. The largest absolute Gasteiger partial charge is 0.335 e. The summed E-state index contributed by atoms with van der Waals surface area (Å²) in [5.41, 5.74) is 0.497. The van der Waals surface area contributed by atoms with Crippen LogP contribution in [0.1, 0.15) is 25.3 Å². The van der Waals surface area contributed by atoms with E-state index in [1.165, 1.54) is 0 Å². The van der Waals surface area contributed by atoms with E-state index in [0.717, 1.165) is 10.5 Å². The number of carbonyl (C=O) groups excluding carboxylic acids is 3. The lowest BCUT2D eigenvalue weighted by Crippen LogP contribution is -2.59. The Labute approximate surface area is 110 Å². The first kappa shape index (κ1) is 11.9. The molecule has 2 fully saturated rings. The molecule has 4 amide bonds. The summed E-state index contributed by atoms with van der Waals surface area (Å²) in [7, 11) is 0. The summed E-state index contributed by atoms with van der Waals surface area (Å²) >= 11 is 0. The van der Waals surface area contributed by atoms with E-state index in [4.69, 9.17) is 0 Å². The quantitative estimate of drug-likeness (QED) is 0.819. The highest BCUT2D eigenvalue weighted by atomic mass is 16.2. The zero-order valence-corrected chi connectivity index (χ0v) is 10.6. The van der Waals surface area contributed by atoms with Crippen LogP contribution in [0.2, 0.25) is 0 Å². The fourth-order valence-corrected chi connectivity index (χ4v) is 2.49. The summed E-state index contributed by atoms with van der Waals surface area (Å²) in [5, 5.41) is 2.29. The normalized spacial score (nSPS) is 20.7. The van der Waals surface area contributed by atoms with Crippen LogP contribution in [0.5, 0.6) is 0 Å². The van der Waals surface area contributed by atoms with E-state index in [1.54, 1.807) is 12.1 Å². The van der Waals surface area contributed by atoms with E-state index in [-0.39, 0.29) is 5.91 Å². The lowest BCUT2D eigenvalue weighted by Gasteiger charge is -2.31. The van der Waals surface area contributed by atoms with Crippen LogP contribution in [-0.2, 0) is 16.0 Å². The van der Waals surface area contributed by atoms with E-state index in [9.17, 15) is 14.4 Å². The molecular formula is C14H14N2O3. The van der Waals surface area contributed by atoms with Crippen molar-refractivity contribution in [2.45, 2.75) is 26.2 Å². The van der Waals surface area contributed by atoms with Crippen molar-refractivity contribution >= 4 is 23.5 Å². The van der Waals surface area contributed by atoms with Crippen molar-refractivity contribution in [1.29, 1.82) is 0 Å². The number of nitrogens with one attached hydrogen (secondary N) is 1. The number of carbonyl (C=O) groups is 3. The minimum atomic E-state index is -0.991. The first-order chi connectivity index (χ1) is 9.10. The molecule has 1 aliphatic carbocycles. The molecular weight excluding hydrogens is 244 g/mol. The van der Waals surface area contributed by atoms with Gasteiger partial charge in [0, 0.05) is 0 Å². The molecule has 0 aromatic heterocycles. The van der Waals surface area contributed by atoms with E-state index >= 15 is 0 Å². The maximum atomic E-state index is 12.4. The zero-order chi connectivity index (χ0) is 13.6. The molecule has 0 bridgehead atoms. The molecule has 1 aliphatic heterocycles. The summed E-state index contributed by atoms with van der Waals surface area (Å²) in [5.74, 6) is -0.838. The summed E-state index contributed by atoms with van der Waals surface area (Å²) < 4.78 is 0. The first-order valence-corrected chi connectivity index (χ1v) is 6.38. The van der Waals surface area contributed by atoms with Gasteiger partial charge < -0.3 is 0 Å². The van der Waals surface area contributed by atoms with Gasteiger partial charge in [-0.25, -0.2) is 9.69 Å². The second-order valence-electron chi connectivity index (χ2n) is 4.96. The lowest BCUT2D eigenvalue weighted by atomic mass is 10.00. The molecule has 98 valence electrons. The molecule has 2 aliphatic rings. The van der Waals surface area contributed by atoms with Crippen LogP contribution in [0.25, 0.3) is 0 Å². The molecule has 1 heterocycles. The summed E-state index contributed by atoms with van der Waals surface area (Å²) in [6.07, 6.45) is 1.76. The van der Waals surface area contributed by atoms with Crippen LogP contribution in [0.3, 0.4) is 0 Å². The summed E-state index contributed by atoms with van der Waals surface area (Å²) in [6.45, 7) is 1.96.